The fourth-order valence-corrected chi connectivity index (χ4v) is 5.49. The first-order valence-corrected chi connectivity index (χ1v) is 14.9. The van der Waals surface area contributed by atoms with Crippen LogP contribution in [-0.4, -0.2) is 33.4 Å². The number of carbonyl (C=O) groups excluding carboxylic acids is 2. The third-order valence-corrected chi connectivity index (χ3v) is 7.15. The van der Waals surface area contributed by atoms with Gasteiger partial charge < -0.3 is 9.47 Å². The lowest BCUT2D eigenvalue weighted by Crippen LogP contribution is -2.27. The van der Waals surface area contributed by atoms with E-state index in [1.807, 2.05) is 57.2 Å². The molecule has 0 aliphatic heterocycles. The lowest BCUT2D eigenvalue weighted by Gasteiger charge is -2.18. The molecule has 14 heteroatoms. The van der Waals surface area contributed by atoms with Crippen LogP contribution in [0.15, 0.2) is 41.5 Å². The van der Waals surface area contributed by atoms with Gasteiger partial charge in [-0.2, -0.15) is 0 Å². The number of benzene rings is 2. The van der Waals surface area contributed by atoms with Gasteiger partial charge >= 0.3 is 12.2 Å². The van der Waals surface area contributed by atoms with E-state index in [4.69, 9.17) is 15.0 Å². The molecule has 0 saturated carbocycles. The molecule has 0 fully saturated rings. The minimum Gasteiger partial charge on any atom is -0.444 e. The van der Waals surface area contributed by atoms with Gasteiger partial charge in [-0.3, -0.25) is 10.6 Å². The number of nitrogens with one attached hydrogen (secondary N) is 2. The normalized spacial score (nSPS) is 11.3. The van der Waals surface area contributed by atoms with E-state index in [0.717, 1.165) is 36.9 Å². The van der Waals surface area contributed by atoms with Gasteiger partial charge in [0.1, 0.15) is 11.2 Å². The van der Waals surface area contributed by atoms with E-state index >= 15 is 0 Å². The summed E-state index contributed by atoms with van der Waals surface area (Å²) in [5, 5.41) is 10.6. The van der Waals surface area contributed by atoms with Gasteiger partial charge in [0, 0.05) is 10.2 Å². The Kier molecular flexibility index (Phi) is 10.3. The van der Waals surface area contributed by atoms with Crippen molar-refractivity contribution in [2.75, 3.05) is 10.6 Å². The number of para-hydroxylation sites is 2. The molecule has 4 rings (SSSR count). The molecule has 2 aromatic carbocycles. The predicted octanol–water partition coefficient (Wildman–Crippen LogP) is 8.99. The molecule has 0 aliphatic carbocycles. The first kappa shape index (κ1) is 31.1. The highest BCUT2D eigenvalue weighted by molar-refractivity contribution is 9.08. The van der Waals surface area contributed by atoms with Crippen molar-refractivity contribution in [2.24, 2.45) is 5.11 Å². The van der Waals surface area contributed by atoms with E-state index in [1.165, 1.54) is 22.7 Å². The second-order valence-electron chi connectivity index (χ2n) is 10.3. The van der Waals surface area contributed by atoms with Gasteiger partial charge in [-0.15, -0.1) is 0 Å². The van der Waals surface area contributed by atoms with Crippen molar-refractivity contribution in [3.63, 3.8) is 0 Å². The number of azide groups is 1. The Morgan fingerprint density at radius 3 is 1.75 bits per heavy atom. The standard InChI is InChI=1S/C13H15BrN2O2S.C13H15N5O2S/c1-13(2,3)18-12(17)16-11-15-10-8(7-14)5-4-6-9(10)19-11;1-13(2,3)20-12(19)17-11-16-10-8(7-15-18-14)5-4-6-9(10)21-11/h4-6H,7H2,1-3H3,(H,15,16,17);4-6H,7H2,1-3H3,(H,16,17,19). The summed E-state index contributed by atoms with van der Waals surface area (Å²) in [6.45, 7) is 11.1. The molecule has 0 atom stereocenters. The van der Waals surface area contributed by atoms with Crippen molar-refractivity contribution in [3.05, 3.63) is 58.0 Å². The Bertz CT molecular complexity index is 1550. The zero-order valence-electron chi connectivity index (χ0n) is 22.9. The van der Waals surface area contributed by atoms with Crippen LogP contribution in [0.4, 0.5) is 19.9 Å². The number of halogens is 1. The molecule has 0 radical (unpaired) electrons. The summed E-state index contributed by atoms with van der Waals surface area (Å²) in [4.78, 5) is 34.9. The number of aromatic nitrogens is 2. The molecule has 4 aromatic rings. The van der Waals surface area contributed by atoms with Crippen LogP contribution in [0.25, 0.3) is 30.9 Å². The molecule has 2 aromatic heterocycles. The van der Waals surface area contributed by atoms with E-state index in [0.29, 0.717) is 10.3 Å². The van der Waals surface area contributed by atoms with Gasteiger partial charge in [-0.1, -0.05) is 68.0 Å². The summed E-state index contributed by atoms with van der Waals surface area (Å²) in [6.07, 6.45) is -1.02. The number of rotatable bonds is 5. The largest absolute Gasteiger partial charge is 0.444 e. The predicted molar refractivity (Wildman–Crippen MR) is 164 cm³/mol. The van der Waals surface area contributed by atoms with Crippen molar-refractivity contribution in [2.45, 2.75) is 64.6 Å². The zero-order valence-corrected chi connectivity index (χ0v) is 26.2. The second-order valence-corrected chi connectivity index (χ2v) is 13.0. The van der Waals surface area contributed by atoms with Crippen LogP contribution in [-0.2, 0) is 21.3 Å². The smallest absolute Gasteiger partial charge is 0.413 e. The Labute approximate surface area is 248 Å². The van der Waals surface area contributed by atoms with Crippen LogP contribution in [0.1, 0.15) is 52.7 Å². The monoisotopic (exact) mass is 647 g/mol. The third-order valence-electron chi connectivity index (χ3n) is 4.67. The fraction of sp³-hybridized carbons (Fsp3) is 0.385. The molecular formula is C26H30BrN7O4S2. The first-order valence-electron chi connectivity index (χ1n) is 12.1. The number of ether oxygens (including phenoxy) is 2. The molecule has 0 saturated heterocycles. The average molecular weight is 649 g/mol. The summed E-state index contributed by atoms with van der Waals surface area (Å²) >= 11 is 6.21. The van der Waals surface area contributed by atoms with Crippen molar-refractivity contribution in [1.82, 2.24) is 9.97 Å². The number of fused-ring (bicyclic) bond motifs is 2. The van der Waals surface area contributed by atoms with Gasteiger partial charge in [0.2, 0.25) is 0 Å². The van der Waals surface area contributed by atoms with E-state index in [9.17, 15) is 9.59 Å². The van der Waals surface area contributed by atoms with Gasteiger partial charge in [0.05, 0.1) is 27.0 Å². The molecule has 0 unspecified atom stereocenters. The van der Waals surface area contributed by atoms with Gasteiger partial charge in [0.15, 0.2) is 10.3 Å². The van der Waals surface area contributed by atoms with Crippen LogP contribution in [0.2, 0.25) is 0 Å². The lowest BCUT2D eigenvalue weighted by molar-refractivity contribution is 0.0624. The number of alkyl halides is 1. The number of carbonyl (C=O) groups is 2. The summed E-state index contributed by atoms with van der Waals surface area (Å²) in [7, 11) is 0. The zero-order chi connectivity index (χ0) is 29.5. The Morgan fingerprint density at radius 1 is 0.875 bits per heavy atom. The number of hydrogen-bond acceptors (Lipinski definition) is 9. The SMILES string of the molecule is CC(C)(C)OC(=O)Nc1nc2c(CBr)cccc2s1.CC(C)(C)OC(=O)Nc1nc2c(CN=[N+]=[N-])cccc2s1. The van der Waals surface area contributed by atoms with Gasteiger partial charge in [-0.25, -0.2) is 19.6 Å². The van der Waals surface area contributed by atoms with Gasteiger partial charge in [0.25, 0.3) is 0 Å². The summed E-state index contributed by atoms with van der Waals surface area (Å²) < 4.78 is 12.3. The highest BCUT2D eigenvalue weighted by atomic mass is 79.9. The first-order chi connectivity index (χ1) is 18.8. The molecule has 2 amide bonds. The molecule has 0 aliphatic rings. The molecule has 0 bridgehead atoms. The van der Waals surface area contributed by atoms with Crippen LogP contribution in [0.5, 0.6) is 0 Å². The van der Waals surface area contributed by atoms with Crippen molar-refractivity contribution < 1.29 is 19.1 Å². The van der Waals surface area contributed by atoms with E-state index < -0.39 is 23.4 Å². The number of anilines is 2. The Hall–Kier alpha value is -3.45. The highest BCUT2D eigenvalue weighted by Gasteiger charge is 2.19. The maximum Gasteiger partial charge on any atom is 0.413 e. The minimum absolute atomic E-state index is 0.226. The number of amides is 2. The van der Waals surface area contributed by atoms with Crippen molar-refractivity contribution in [1.29, 1.82) is 0 Å². The molecule has 2 heterocycles. The summed E-state index contributed by atoms with van der Waals surface area (Å²) in [5.74, 6) is 0. The Morgan fingerprint density at radius 2 is 1.32 bits per heavy atom. The minimum atomic E-state index is -0.562. The Balaban J connectivity index is 0.000000222. The van der Waals surface area contributed by atoms with E-state index in [-0.39, 0.29) is 6.54 Å². The van der Waals surface area contributed by atoms with E-state index in [2.05, 4.69) is 46.6 Å². The molecule has 11 nitrogen and oxygen atoms in total. The topological polar surface area (TPSA) is 151 Å². The van der Waals surface area contributed by atoms with Crippen LogP contribution in [0.3, 0.4) is 0 Å². The quantitative estimate of drug-likeness (QED) is 0.0954. The molecule has 40 heavy (non-hydrogen) atoms. The fourth-order valence-electron chi connectivity index (χ4n) is 3.24. The highest BCUT2D eigenvalue weighted by Crippen LogP contribution is 2.30. The van der Waals surface area contributed by atoms with Crippen LogP contribution < -0.4 is 10.6 Å². The maximum absolute atomic E-state index is 11.7. The van der Waals surface area contributed by atoms with E-state index in [1.54, 1.807) is 20.8 Å². The number of nitrogens with zero attached hydrogens (tertiary/aromatic N) is 5. The van der Waals surface area contributed by atoms with Crippen LogP contribution >= 0.6 is 38.6 Å². The lowest BCUT2D eigenvalue weighted by atomic mass is 10.2. The molecular weight excluding hydrogens is 618 g/mol. The van der Waals surface area contributed by atoms with Crippen LogP contribution in [0, 0.1) is 0 Å². The maximum atomic E-state index is 11.7. The van der Waals surface area contributed by atoms with Gasteiger partial charge in [-0.05, 0) is 70.3 Å². The summed E-state index contributed by atoms with van der Waals surface area (Å²) in [5.41, 5.74) is 10.9. The second kappa shape index (κ2) is 13.3. The molecule has 2 N–H and O–H groups in total. The average Bonchev–Trinajstić information content (AvgIpc) is 3.43. The van der Waals surface area contributed by atoms with Crippen molar-refractivity contribution in [3.8, 4) is 0 Å². The van der Waals surface area contributed by atoms with Crippen molar-refractivity contribution >= 4 is 81.5 Å². The molecule has 212 valence electrons. The molecule has 0 spiro atoms. The summed E-state index contributed by atoms with van der Waals surface area (Å²) in [6, 6.07) is 11.6. The number of thiazole rings is 2. The number of hydrogen-bond donors (Lipinski definition) is 2. The third kappa shape index (κ3) is 9.33.